The van der Waals surface area contributed by atoms with Crippen molar-refractivity contribution >= 4 is 5.78 Å². The Morgan fingerprint density at radius 2 is 1.68 bits per heavy atom. The zero-order valence-corrected chi connectivity index (χ0v) is 16.6. The number of Topliss-reactive ketones (excluding diaryl/α,β-unsaturated/α-hetero) is 1. The van der Waals surface area contributed by atoms with Crippen molar-refractivity contribution in [3.63, 3.8) is 0 Å². The summed E-state index contributed by atoms with van der Waals surface area (Å²) in [7, 11) is 0. The lowest BCUT2D eigenvalue weighted by Gasteiger charge is -2.61. The Balaban J connectivity index is 1.53. The van der Waals surface area contributed by atoms with Gasteiger partial charge < -0.3 is 9.90 Å². The third kappa shape index (κ3) is 2.82. The minimum atomic E-state index is -0.0362. The van der Waals surface area contributed by atoms with Crippen LogP contribution in [-0.2, 0) is 4.79 Å². The zero-order valence-electron chi connectivity index (χ0n) is 16.6. The van der Waals surface area contributed by atoms with Gasteiger partial charge in [-0.05, 0) is 112 Å². The number of rotatable bonds is 3. The quantitative estimate of drug-likeness (QED) is 0.745. The van der Waals surface area contributed by atoms with Crippen LogP contribution in [0.2, 0.25) is 0 Å². The van der Waals surface area contributed by atoms with Gasteiger partial charge in [0.15, 0.2) is 0 Å². The molecule has 0 aromatic carbocycles. The van der Waals surface area contributed by atoms with Crippen molar-refractivity contribution in [2.24, 2.45) is 40.4 Å². The summed E-state index contributed by atoms with van der Waals surface area (Å²) in [6.45, 7) is 6.90. The van der Waals surface area contributed by atoms with Crippen LogP contribution in [0, 0.1) is 40.4 Å². The highest BCUT2D eigenvalue weighted by atomic mass is 16.3. The number of carbonyl (C=O) groups is 1. The number of hydrogen-bond donors (Lipinski definition) is 1. The predicted molar refractivity (Wildman–Crippen MR) is 101 cm³/mol. The lowest BCUT2D eigenvalue weighted by Crippen LogP contribution is -2.53. The van der Waals surface area contributed by atoms with E-state index < -0.39 is 0 Å². The van der Waals surface area contributed by atoms with Gasteiger partial charge in [-0.1, -0.05) is 13.8 Å². The van der Waals surface area contributed by atoms with Crippen LogP contribution in [0.3, 0.4) is 0 Å². The van der Waals surface area contributed by atoms with E-state index in [1.165, 1.54) is 44.9 Å². The Bertz CT molecular complexity index is 528. The van der Waals surface area contributed by atoms with Crippen molar-refractivity contribution in [1.29, 1.82) is 0 Å². The minimum Gasteiger partial charge on any atom is -0.393 e. The van der Waals surface area contributed by atoms with Crippen molar-refractivity contribution in [2.45, 2.75) is 97.5 Å². The third-order valence-corrected chi connectivity index (χ3v) is 9.68. The van der Waals surface area contributed by atoms with E-state index in [1.807, 2.05) is 0 Å². The van der Waals surface area contributed by atoms with Crippen molar-refractivity contribution < 1.29 is 9.90 Å². The Morgan fingerprint density at radius 1 is 0.960 bits per heavy atom. The molecule has 0 aromatic heterocycles. The van der Waals surface area contributed by atoms with Crippen LogP contribution >= 0.6 is 0 Å². The van der Waals surface area contributed by atoms with Gasteiger partial charge in [-0.15, -0.1) is 0 Å². The maximum Gasteiger partial charge on any atom is 0.129 e. The highest BCUT2D eigenvalue weighted by Crippen LogP contribution is 2.67. The normalized spacial score (nSPS) is 52.2. The molecular weight excluding hydrogens is 308 g/mol. The van der Waals surface area contributed by atoms with Crippen LogP contribution in [0.15, 0.2) is 0 Å². The Kier molecular flexibility index (Phi) is 4.58. The molecule has 0 saturated heterocycles. The van der Waals surface area contributed by atoms with Crippen LogP contribution < -0.4 is 0 Å². The molecule has 7 unspecified atom stereocenters. The molecule has 0 heterocycles. The van der Waals surface area contributed by atoms with Gasteiger partial charge in [0.1, 0.15) is 5.78 Å². The number of carbonyl (C=O) groups excluding carboxylic acids is 1. The van der Waals surface area contributed by atoms with Gasteiger partial charge in [0.05, 0.1) is 6.10 Å². The zero-order chi connectivity index (χ0) is 17.8. The molecule has 142 valence electrons. The summed E-state index contributed by atoms with van der Waals surface area (Å²) in [6, 6.07) is 0. The summed E-state index contributed by atoms with van der Waals surface area (Å²) >= 11 is 0. The molecule has 4 rings (SSSR count). The molecule has 1 N–H and O–H groups in total. The highest BCUT2D eigenvalue weighted by molar-refractivity contribution is 5.75. The van der Waals surface area contributed by atoms with Crippen LogP contribution in [0.1, 0.15) is 91.4 Å². The van der Waals surface area contributed by atoms with Gasteiger partial charge in [-0.25, -0.2) is 0 Å². The van der Waals surface area contributed by atoms with Crippen LogP contribution in [0.25, 0.3) is 0 Å². The number of ketones is 1. The molecule has 4 aliphatic rings. The second kappa shape index (κ2) is 6.36. The molecule has 4 aliphatic carbocycles. The molecule has 0 aliphatic heterocycles. The molecule has 2 nitrogen and oxygen atoms in total. The van der Waals surface area contributed by atoms with Crippen molar-refractivity contribution in [3.8, 4) is 0 Å². The largest absolute Gasteiger partial charge is 0.393 e. The molecule has 0 amide bonds. The van der Waals surface area contributed by atoms with E-state index in [0.717, 1.165) is 55.3 Å². The molecule has 0 aromatic rings. The second-order valence-corrected chi connectivity index (χ2v) is 10.6. The first kappa shape index (κ1) is 18.0. The lowest BCUT2D eigenvalue weighted by atomic mass is 9.44. The predicted octanol–water partition coefficient (Wildman–Crippen LogP) is 5.38. The summed E-state index contributed by atoms with van der Waals surface area (Å²) in [4.78, 5) is 11.5. The lowest BCUT2D eigenvalue weighted by molar-refractivity contribution is -0.128. The summed E-state index contributed by atoms with van der Waals surface area (Å²) in [5.41, 5.74) is 0.981. The van der Waals surface area contributed by atoms with Gasteiger partial charge in [0.2, 0.25) is 0 Å². The Morgan fingerprint density at radius 3 is 2.44 bits per heavy atom. The van der Waals surface area contributed by atoms with Crippen molar-refractivity contribution in [1.82, 2.24) is 0 Å². The number of aliphatic hydroxyl groups is 1. The molecule has 4 fully saturated rings. The summed E-state index contributed by atoms with van der Waals surface area (Å²) in [5.74, 6) is 4.61. The molecular formula is C23H38O2. The molecule has 4 saturated carbocycles. The number of aliphatic hydroxyl groups excluding tert-OH is 1. The fraction of sp³-hybridized carbons (Fsp3) is 0.957. The highest BCUT2D eigenvalue weighted by Gasteiger charge is 2.59. The number of hydrogen-bond acceptors (Lipinski definition) is 2. The topological polar surface area (TPSA) is 37.3 Å². The average molecular weight is 347 g/mol. The first-order valence-electron chi connectivity index (χ1n) is 11.0. The molecule has 0 radical (unpaired) electrons. The fourth-order valence-electron chi connectivity index (χ4n) is 8.20. The third-order valence-electron chi connectivity index (χ3n) is 9.68. The van der Waals surface area contributed by atoms with E-state index in [0.29, 0.717) is 16.6 Å². The van der Waals surface area contributed by atoms with Gasteiger partial charge in [0, 0.05) is 6.42 Å². The molecule has 2 heteroatoms. The van der Waals surface area contributed by atoms with E-state index in [1.54, 1.807) is 6.92 Å². The van der Waals surface area contributed by atoms with E-state index in [4.69, 9.17) is 0 Å². The van der Waals surface area contributed by atoms with E-state index >= 15 is 0 Å². The Labute approximate surface area is 154 Å². The van der Waals surface area contributed by atoms with E-state index in [9.17, 15) is 9.90 Å². The first-order valence-corrected chi connectivity index (χ1v) is 11.0. The fourth-order valence-corrected chi connectivity index (χ4v) is 8.20. The standard InChI is InChI=1S/C23H38O2/c1-15(24)4-5-16-7-9-20-19-8-6-17-14-18(25)10-12-23(17,3)21(19)11-13-22(16,20)2/h16-21,25H,4-14H2,1-3H3/t16?,17?,18-,19?,20?,21?,22?,23?/m1/s1. The molecule has 8 atom stereocenters. The van der Waals surface area contributed by atoms with Gasteiger partial charge >= 0.3 is 0 Å². The number of fused-ring (bicyclic) bond motifs is 5. The second-order valence-electron chi connectivity index (χ2n) is 10.6. The minimum absolute atomic E-state index is 0.0362. The maximum atomic E-state index is 11.5. The maximum absolute atomic E-state index is 11.5. The van der Waals surface area contributed by atoms with Gasteiger partial charge in [-0.2, -0.15) is 0 Å². The monoisotopic (exact) mass is 346 g/mol. The first-order chi connectivity index (χ1) is 11.8. The summed E-state index contributed by atoms with van der Waals surface area (Å²) in [5, 5.41) is 10.2. The van der Waals surface area contributed by atoms with Crippen LogP contribution in [-0.4, -0.2) is 17.0 Å². The Hall–Kier alpha value is -0.370. The summed E-state index contributed by atoms with van der Waals surface area (Å²) < 4.78 is 0. The van der Waals surface area contributed by atoms with E-state index in [-0.39, 0.29) is 6.10 Å². The smallest absolute Gasteiger partial charge is 0.129 e. The van der Waals surface area contributed by atoms with E-state index in [2.05, 4.69) is 13.8 Å². The van der Waals surface area contributed by atoms with Crippen LogP contribution in [0.4, 0.5) is 0 Å². The van der Waals surface area contributed by atoms with Crippen molar-refractivity contribution in [2.75, 3.05) is 0 Å². The summed E-state index contributed by atoms with van der Waals surface area (Å²) in [6.07, 6.45) is 13.5. The average Bonchev–Trinajstić information content (AvgIpc) is 2.90. The molecule has 0 spiro atoms. The van der Waals surface area contributed by atoms with Crippen LogP contribution in [0.5, 0.6) is 0 Å². The van der Waals surface area contributed by atoms with Crippen molar-refractivity contribution in [3.05, 3.63) is 0 Å². The van der Waals surface area contributed by atoms with Gasteiger partial charge in [-0.3, -0.25) is 0 Å². The SMILES string of the molecule is CC(=O)CCC1CCC2C3CCC4C[C@H](O)CCC4(C)C3CCC12C. The molecule has 25 heavy (non-hydrogen) atoms. The van der Waals surface area contributed by atoms with Gasteiger partial charge in [0.25, 0.3) is 0 Å². The molecule has 0 bridgehead atoms.